The van der Waals surface area contributed by atoms with Gasteiger partial charge in [-0.15, -0.1) is 0 Å². The summed E-state index contributed by atoms with van der Waals surface area (Å²) >= 11 is 2.28. The maximum atomic E-state index is 9.80. The summed E-state index contributed by atoms with van der Waals surface area (Å²) in [6, 6.07) is 0. The van der Waals surface area contributed by atoms with Crippen molar-refractivity contribution in [1.82, 2.24) is 3.11 Å². The standard InChI is InChI=1S/C7H14INO/c1-2-7(10)4-3-5-9(8)6-7/h10H,2-6H2,1H3. The van der Waals surface area contributed by atoms with Crippen molar-refractivity contribution < 1.29 is 5.11 Å². The van der Waals surface area contributed by atoms with E-state index in [9.17, 15) is 5.11 Å². The normalized spacial score (nSPS) is 36.3. The number of rotatable bonds is 1. The van der Waals surface area contributed by atoms with E-state index in [4.69, 9.17) is 0 Å². The molecule has 0 aromatic rings. The molecule has 1 heterocycles. The SMILES string of the molecule is CCC1(O)CCCN(I)C1. The summed E-state index contributed by atoms with van der Waals surface area (Å²) in [5.41, 5.74) is -0.389. The van der Waals surface area contributed by atoms with Gasteiger partial charge < -0.3 is 5.11 Å². The highest BCUT2D eigenvalue weighted by molar-refractivity contribution is 14.1. The van der Waals surface area contributed by atoms with Gasteiger partial charge >= 0.3 is 0 Å². The summed E-state index contributed by atoms with van der Waals surface area (Å²) in [7, 11) is 0. The predicted molar refractivity (Wildman–Crippen MR) is 50.1 cm³/mol. The second-order valence-corrected chi connectivity index (χ2v) is 4.39. The molecule has 1 atom stereocenters. The second kappa shape index (κ2) is 3.36. The summed E-state index contributed by atoms with van der Waals surface area (Å²) in [4.78, 5) is 0. The Balaban J connectivity index is 2.45. The minimum Gasteiger partial charge on any atom is -0.389 e. The van der Waals surface area contributed by atoms with Gasteiger partial charge in [-0.05, 0) is 19.3 Å². The second-order valence-electron chi connectivity index (χ2n) is 3.03. The molecule has 0 radical (unpaired) electrons. The molecule has 0 saturated carbocycles. The Kier molecular flexibility index (Phi) is 2.94. The molecule has 10 heavy (non-hydrogen) atoms. The summed E-state index contributed by atoms with van der Waals surface area (Å²) in [5, 5.41) is 9.80. The van der Waals surface area contributed by atoms with Crippen LogP contribution in [-0.4, -0.2) is 26.9 Å². The summed E-state index contributed by atoms with van der Waals surface area (Å²) < 4.78 is 2.17. The lowest BCUT2D eigenvalue weighted by molar-refractivity contribution is -0.00405. The van der Waals surface area contributed by atoms with E-state index < -0.39 is 0 Å². The Morgan fingerprint density at radius 2 is 2.40 bits per heavy atom. The van der Waals surface area contributed by atoms with Crippen LogP contribution >= 0.6 is 22.9 Å². The number of hydrogen-bond donors (Lipinski definition) is 1. The first-order valence-electron chi connectivity index (χ1n) is 3.79. The van der Waals surface area contributed by atoms with Crippen LogP contribution in [0.15, 0.2) is 0 Å². The van der Waals surface area contributed by atoms with Gasteiger partial charge in [0.2, 0.25) is 0 Å². The molecule has 0 bridgehead atoms. The molecule has 60 valence electrons. The number of nitrogens with zero attached hydrogens (tertiary/aromatic N) is 1. The quantitative estimate of drug-likeness (QED) is 0.568. The number of β-amino-alcohol motifs (C(OH)–C–C–N with tert-alkyl or cyclic N) is 1. The van der Waals surface area contributed by atoms with E-state index in [1.54, 1.807) is 0 Å². The van der Waals surface area contributed by atoms with E-state index in [0.717, 1.165) is 32.4 Å². The molecular formula is C7H14INO. The number of halogens is 1. The smallest absolute Gasteiger partial charge is 0.0780 e. The van der Waals surface area contributed by atoms with Crippen LogP contribution in [0.1, 0.15) is 26.2 Å². The largest absolute Gasteiger partial charge is 0.389 e. The summed E-state index contributed by atoms with van der Waals surface area (Å²) in [6.45, 7) is 4.02. The van der Waals surface area contributed by atoms with Gasteiger partial charge in [-0.2, -0.15) is 0 Å². The topological polar surface area (TPSA) is 23.5 Å². The first kappa shape index (κ1) is 8.74. The van der Waals surface area contributed by atoms with Crippen molar-refractivity contribution in [2.75, 3.05) is 13.1 Å². The highest BCUT2D eigenvalue weighted by Gasteiger charge is 2.30. The number of hydrogen-bond acceptors (Lipinski definition) is 2. The molecule has 1 aliphatic rings. The lowest BCUT2D eigenvalue weighted by Gasteiger charge is -2.35. The Bertz CT molecular complexity index is 120. The first-order valence-corrected chi connectivity index (χ1v) is 4.76. The Morgan fingerprint density at radius 1 is 1.70 bits per heavy atom. The van der Waals surface area contributed by atoms with E-state index in [-0.39, 0.29) is 5.60 Å². The average molecular weight is 255 g/mol. The number of piperidine rings is 1. The van der Waals surface area contributed by atoms with Crippen molar-refractivity contribution in [1.29, 1.82) is 0 Å². The molecule has 0 aliphatic carbocycles. The van der Waals surface area contributed by atoms with Gasteiger partial charge in [0, 0.05) is 36.0 Å². The fourth-order valence-corrected chi connectivity index (χ4v) is 2.32. The van der Waals surface area contributed by atoms with Gasteiger partial charge in [0.05, 0.1) is 5.60 Å². The van der Waals surface area contributed by atoms with Gasteiger partial charge in [0.25, 0.3) is 0 Å². The van der Waals surface area contributed by atoms with Crippen molar-refractivity contribution in [3.8, 4) is 0 Å². The molecule has 1 aliphatic heterocycles. The molecule has 2 nitrogen and oxygen atoms in total. The van der Waals surface area contributed by atoms with Crippen molar-refractivity contribution in [2.24, 2.45) is 0 Å². The van der Waals surface area contributed by atoms with Crippen LogP contribution in [0.2, 0.25) is 0 Å². The van der Waals surface area contributed by atoms with Crippen molar-refractivity contribution >= 4 is 22.9 Å². The van der Waals surface area contributed by atoms with Crippen LogP contribution < -0.4 is 0 Å². The predicted octanol–water partition coefficient (Wildman–Crippen LogP) is 1.57. The van der Waals surface area contributed by atoms with Crippen LogP contribution in [0, 0.1) is 0 Å². The van der Waals surface area contributed by atoms with Gasteiger partial charge in [-0.25, -0.2) is 3.11 Å². The maximum absolute atomic E-state index is 9.80. The number of aliphatic hydroxyl groups is 1. The molecule has 1 unspecified atom stereocenters. The van der Waals surface area contributed by atoms with E-state index >= 15 is 0 Å². The minimum absolute atomic E-state index is 0.389. The summed E-state index contributed by atoms with van der Waals surface area (Å²) in [6.07, 6.45) is 2.99. The molecule has 0 aromatic carbocycles. The molecule has 1 saturated heterocycles. The van der Waals surface area contributed by atoms with Crippen molar-refractivity contribution in [3.05, 3.63) is 0 Å². The molecule has 1 fully saturated rings. The lowest BCUT2D eigenvalue weighted by Crippen LogP contribution is -2.43. The fraction of sp³-hybridized carbons (Fsp3) is 1.00. The Morgan fingerprint density at radius 3 is 2.80 bits per heavy atom. The van der Waals surface area contributed by atoms with Gasteiger partial charge in [0.15, 0.2) is 0 Å². The van der Waals surface area contributed by atoms with E-state index in [2.05, 4.69) is 32.9 Å². The Labute approximate surface area is 76.1 Å². The van der Waals surface area contributed by atoms with Crippen LogP contribution in [0.5, 0.6) is 0 Å². The van der Waals surface area contributed by atoms with Crippen LogP contribution in [-0.2, 0) is 0 Å². The molecule has 1 N–H and O–H groups in total. The van der Waals surface area contributed by atoms with Crippen molar-refractivity contribution in [3.63, 3.8) is 0 Å². The highest BCUT2D eigenvalue weighted by Crippen LogP contribution is 2.25. The third-order valence-electron chi connectivity index (χ3n) is 2.17. The zero-order valence-electron chi connectivity index (χ0n) is 6.31. The van der Waals surface area contributed by atoms with E-state index in [1.807, 2.05) is 0 Å². The van der Waals surface area contributed by atoms with E-state index in [1.165, 1.54) is 0 Å². The van der Waals surface area contributed by atoms with Crippen LogP contribution in [0.4, 0.5) is 0 Å². The molecule has 0 aromatic heterocycles. The van der Waals surface area contributed by atoms with Crippen LogP contribution in [0.25, 0.3) is 0 Å². The molecule has 1 rings (SSSR count). The molecule has 0 spiro atoms. The monoisotopic (exact) mass is 255 g/mol. The van der Waals surface area contributed by atoms with Gasteiger partial charge in [0.1, 0.15) is 0 Å². The third-order valence-corrected chi connectivity index (χ3v) is 2.99. The highest BCUT2D eigenvalue weighted by atomic mass is 127. The van der Waals surface area contributed by atoms with Crippen LogP contribution in [0.3, 0.4) is 0 Å². The fourth-order valence-electron chi connectivity index (χ4n) is 1.35. The summed E-state index contributed by atoms with van der Waals surface area (Å²) in [5.74, 6) is 0. The molecule has 0 amide bonds. The minimum atomic E-state index is -0.389. The Hall–Kier alpha value is 0.650. The van der Waals surface area contributed by atoms with Gasteiger partial charge in [-0.1, -0.05) is 6.92 Å². The molecular weight excluding hydrogens is 241 g/mol. The first-order chi connectivity index (χ1) is 4.66. The molecule has 3 heteroatoms. The lowest BCUT2D eigenvalue weighted by atomic mass is 9.92. The third kappa shape index (κ3) is 2.07. The zero-order chi connectivity index (χ0) is 7.61. The maximum Gasteiger partial charge on any atom is 0.0780 e. The van der Waals surface area contributed by atoms with E-state index in [0.29, 0.717) is 0 Å². The average Bonchev–Trinajstić information content (AvgIpc) is 1.88. The van der Waals surface area contributed by atoms with Crippen molar-refractivity contribution in [2.45, 2.75) is 31.8 Å². The van der Waals surface area contributed by atoms with Gasteiger partial charge in [-0.3, -0.25) is 0 Å². The zero-order valence-corrected chi connectivity index (χ0v) is 8.47.